The average molecular weight is 474 g/mol. The number of carbonyl (C=O) groups is 2. The van der Waals surface area contributed by atoms with Crippen molar-refractivity contribution in [3.05, 3.63) is 56.9 Å². The van der Waals surface area contributed by atoms with Gasteiger partial charge in [-0.3, -0.25) is 14.9 Å². The van der Waals surface area contributed by atoms with E-state index in [1.54, 1.807) is 16.9 Å². The van der Waals surface area contributed by atoms with Gasteiger partial charge in [0, 0.05) is 23.9 Å². The molecule has 0 fully saturated rings. The predicted octanol–water partition coefficient (Wildman–Crippen LogP) is 4.88. The second-order valence-electron chi connectivity index (χ2n) is 8.13. The van der Waals surface area contributed by atoms with Gasteiger partial charge in [0.1, 0.15) is 0 Å². The van der Waals surface area contributed by atoms with Crippen LogP contribution < -0.4 is 5.32 Å². The van der Waals surface area contributed by atoms with E-state index in [0.29, 0.717) is 16.7 Å². The Balaban J connectivity index is 1.86. The third-order valence-corrected chi connectivity index (χ3v) is 5.29. The van der Waals surface area contributed by atoms with E-state index in [9.17, 15) is 19.7 Å². The fourth-order valence-corrected chi connectivity index (χ4v) is 3.28. The molecule has 1 N–H and O–H groups in total. The van der Waals surface area contributed by atoms with Gasteiger partial charge in [0.05, 0.1) is 32.8 Å². The predicted molar refractivity (Wildman–Crippen MR) is 124 cm³/mol. The Labute approximate surface area is 195 Å². The molecule has 0 radical (unpaired) electrons. The number of ether oxygens (including phenoxy) is 1. The summed E-state index contributed by atoms with van der Waals surface area (Å²) in [6.45, 7) is 9.23. The monoisotopic (exact) mass is 473 g/mol. The fourth-order valence-electron chi connectivity index (χ4n) is 3.11. The molecule has 11 heteroatoms. The molecule has 0 saturated carbocycles. The zero-order valence-corrected chi connectivity index (χ0v) is 19.6. The van der Waals surface area contributed by atoms with Crippen LogP contribution in [0.2, 0.25) is 5.02 Å². The van der Waals surface area contributed by atoms with E-state index in [2.05, 4.69) is 15.4 Å². The number of non-ortho nitro benzene ring substituents is 1. The second kappa shape index (κ2) is 9.53. The van der Waals surface area contributed by atoms with Gasteiger partial charge < -0.3 is 10.1 Å². The molecule has 1 unspecified atom stereocenters. The average Bonchev–Trinajstić information content (AvgIpc) is 3.18. The van der Waals surface area contributed by atoms with Crippen LogP contribution in [-0.2, 0) is 9.53 Å². The number of anilines is 1. The van der Waals surface area contributed by atoms with Crippen molar-refractivity contribution in [1.29, 1.82) is 0 Å². The highest BCUT2D eigenvalue weighted by Crippen LogP contribution is 2.28. The largest absolute Gasteiger partial charge is 0.449 e. The molecule has 0 aliphatic rings. The van der Waals surface area contributed by atoms with Gasteiger partial charge in [0.2, 0.25) is 0 Å². The van der Waals surface area contributed by atoms with Crippen molar-refractivity contribution in [1.82, 2.24) is 14.8 Å². The summed E-state index contributed by atoms with van der Waals surface area (Å²) >= 11 is 6.03. The summed E-state index contributed by atoms with van der Waals surface area (Å²) in [6, 6.07) is 5.34. The zero-order valence-electron chi connectivity index (χ0n) is 18.8. The molecule has 2 aromatic heterocycles. The van der Waals surface area contributed by atoms with Gasteiger partial charge in [-0.2, -0.15) is 5.10 Å². The van der Waals surface area contributed by atoms with Crippen molar-refractivity contribution < 1.29 is 19.2 Å². The number of nitrogens with zero attached hydrogens (tertiary/aromatic N) is 4. The highest BCUT2D eigenvalue weighted by atomic mass is 35.5. The minimum absolute atomic E-state index is 0.0330. The van der Waals surface area contributed by atoms with Gasteiger partial charge >= 0.3 is 5.97 Å². The van der Waals surface area contributed by atoms with Crippen LogP contribution in [0.1, 0.15) is 62.6 Å². The number of pyridine rings is 1. The highest BCUT2D eigenvalue weighted by molar-refractivity contribution is 6.33. The molecular weight excluding hydrogens is 450 g/mol. The Bertz CT molecular complexity index is 1240. The van der Waals surface area contributed by atoms with Crippen LogP contribution in [0.5, 0.6) is 0 Å². The van der Waals surface area contributed by atoms with E-state index in [0.717, 1.165) is 6.07 Å². The van der Waals surface area contributed by atoms with E-state index in [1.165, 1.54) is 19.1 Å². The molecule has 174 valence electrons. The van der Waals surface area contributed by atoms with Gasteiger partial charge in [-0.1, -0.05) is 25.4 Å². The smallest absolute Gasteiger partial charge is 0.339 e. The maximum Gasteiger partial charge on any atom is 0.339 e. The van der Waals surface area contributed by atoms with Crippen LogP contribution in [0.25, 0.3) is 11.0 Å². The summed E-state index contributed by atoms with van der Waals surface area (Å²) in [5, 5.41) is 18.4. The molecular formula is C22H24ClN5O5. The number of amides is 1. The second-order valence-corrected chi connectivity index (χ2v) is 8.53. The third-order valence-electron chi connectivity index (χ3n) is 4.96. The molecule has 33 heavy (non-hydrogen) atoms. The SMILES string of the molecule is CC(OC(=O)c1cc(C(C)C)nc2c1cnn2C(C)C)C(=O)Nc1cc([N+](=O)[O-])ccc1Cl. The normalized spacial score (nSPS) is 12.2. The van der Waals surface area contributed by atoms with Crippen LogP contribution in [0, 0.1) is 10.1 Å². The minimum atomic E-state index is -1.20. The lowest BCUT2D eigenvalue weighted by Gasteiger charge is -2.16. The van der Waals surface area contributed by atoms with Crippen molar-refractivity contribution in [2.24, 2.45) is 0 Å². The van der Waals surface area contributed by atoms with Crippen molar-refractivity contribution in [2.45, 2.75) is 52.7 Å². The summed E-state index contributed by atoms with van der Waals surface area (Å²) in [7, 11) is 0. The van der Waals surface area contributed by atoms with Gasteiger partial charge in [0.25, 0.3) is 11.6 Å². The number of carbonyl (C=O) groups excluding carboxylic acids is 2. The molecule has 0 saturated heterocycles. The van der Waals surface area contributed by atoms with Crippen molar-refractivity contribution in [2.75, 3.05) is 5.32 Å². The number of hydrogen-bond donors (Lipinski definition) is 1. The number of rotatable bonds is 7. The van der Waals surface area contributed by atoms with Crippen LogP contribution in [0.4, 0.5) is 11.4 Å². The van der Waals surface area contributed by atoms with Crippen LogP contribution in [0.3, 0.4) is 0 Å². The van der Waals surface area contributed by atoms with E-state index in [1.807, 2.05) is 27.7 Å². The zero-order chi connectivity index (χ0) is 24.4. The maximum atomic E-state index is 13.0. The Morgan fingerprint density at radius 3 is 2.48 bits per heavy atom. The number of benzene rings is 1. The van der Waals surface area contributed by atoms with E-state index in [-0.39, 0.29) is 33.9 Å². The van der Waals surface area contributed by atoms with Gasteiger partial charge in [0.15, 0.2) is 11.8 Å². The van der Waals surface area contributed by atoms with E-state index < -0.39 is 22.9 Å². The molecule has 0 spiro atoms. The quantitative estimate of drug-likeness (QED) is 0.294. The summed E-state index contributed by atoms with van der Waals surface area (Å²) in [4.78, 5) is 40.6. The molecule has 0 aliphatic carbocycles. The Kier molecular flexibility index (Phi) is 6.97. The molecule has 10 nitrogen and oxygen atoms in total. The lowest BCUT2D eigenvalue weighted by molar-refractivity contribution is -0.384. The lowest BCUT2D eigenvalue weighted by atomic mass is 10.1. The Hall–Kier alpha value is -3.53. The number of aromatic nitrogens is 3. The van der Waals surface area contributed by atoms with Crippen molar-refractivity contribution >= 4 is 45.9 Å². The van der Waals surface area contributed by atoms with Crippen molar-refractivity contribution in [3.8, 4) is 0 Å². The van der Waals surface area contributed by atoms with Crippen molar-refractivity contribution in [3.63, 3.8) is 0 Å². The number of nitro groups is 1. The highest BCUT2D eigenvalue weighted by Gasteiger charge is 2.24. The summed E-state index contributed by atoms with van der Waals surface area (Å²) in [5.41, 5.74) is 1.32. The molecule has 3 aromatic rings. The topological polar surface area (TPSA) is 129 Å². The molecule has 3 rings (SSSR count). The van der Waals surface area contributed by atoms with Crippen LogP contribution in [-0.4, -0.2) is 37.7 Å². The first-order valence-electron chi connectivity index (χ1n) is 10.3. The Morgan fingerprint density at radius 2 is 1.88 bits per heavy atom. The van der Waals surface area contributed by atoms with Gasteiger partial charge in [-0.25, -0.2) is 14.5 Å². The first-order valence-corrected chi connectivity index (χ1v) is 10.7. The van der Waals surface area contributed by atoms with E-state index >= 15 is 0 Å². The van der Waals surface area contributed by atoms with Gasteiger partial charge in [-0.15, -0.1) is 0 Å². The summed E-state index contributed by atoms with van der Waals surface area (Å²) in [6.07, 6.45) is 0.357. The molecule has 0 aliphatic heterocycles. The summed E-state index contributed by atoms with van der Waals surface area (Å²) < 4.78 is 7.13. The molecule has 1 atom stereocenters. The maximum absolute atomic E-state index is 13.0. The number of hydrogen-bond acceptors (Lipinski definition) is 7. The van der Waals surface area contributed by atoms with Crippen LogP contribution >= 0.6 is 11.6 Å². The minimum Gasteiger partial charge on any atom is -0.449 e. The van der Waals surface area contributed by atoms with Crippen LogP contribution in [0.15, 0.2) is 30.5 Å². The first-order chi connectivity index (χ1) is 15.5. The number of nitro benzene ring substituents is 1. The lowest BCUT2D eigenvalue weighted by Crippen LogP contribution is -2.30. The molecule has 1 aromatic carbocycles. The number of esters is 1. The first kappa shape index (κ1) is 24.1. The fraction of sp³-hybridized carbons (Fsp3) is 0.364. The summed E-state index contributed by atoms with van der Waals surface area (Å²) in [5.74, 6) is -1.34. The number of nitrogens with one attached hydrogen (secondary N) is 1. The number of halogens is 1. The third kappa shape index (κ3) is 5.11. The molecule has 0 bridgehead atoms. The Morgan fingerprint density at radius 1 is 1.18 bits per heavy atom. The van der Waals surface area contributed by atoms with Gasteiger partial charge in [-0.05, 0) is 38.8 Å². The number of fused-ring (bicyclic) bond motifs is 1. The standard InChI is InChI=1S/C22H24ClN5O5/c1-11(2)18-9-15(16-10-24-27(12(3)4)20(16)25-18)22(30)33-13(5)21(29)26-19-8-14(28(31)32)6-7-17(19)23/h6-13H,1-5H3,(H,26,29). The molecule has 2 heterocycles. The van der Waals surface area contributed by atoms with E-state index in [4.69, 9.17) is 16.3 Å². The molecule has 1 amide bonds.